The second-order valence-electron chi connectivity index (χ2n) is 5.16. The van der Waals surface area contributed by atoms with E-state index >= 15 is 0 Å². The fourth-order valence-electron chi connectivity index (χ4n) is 2.14. The highest BCUT2D eigenvalue weighted by atomic mass is 32.2. The fourth-order valence-corrected chi connectivity index (χ4v) is 3.23. The van der Waals surface area contributed by atoms with Crippen molar-refractivity contribution in [3.63, 3.8) is 0 Å². The Morgan fingerprint density at radius 3 is 2.20 bits per heavy atom. The Morgan fingerprint density at radius 1 is 0.960 bits per heavy atom. The van der Waals surface area contributed by atoms with Crippen LogP contribution >= 0.6 is 0 Å². The van der Waals surface area contributed by atoms with Crippen LogP contribution in [0.15, 0.2) is 53.4 Å². The standard InChI is InChI=1S/C18H18O6S/c1-3-25(21,22)16-7-5-4-6-15(16)18(20)24-12-13-8-10-14(11-9-13)17(19)23-2/h4-11H,3,12H2,1-2H3. The van der Waals surface area contributed by atoms with E-state index in [0.717, 1.165) is 0 Å². The summed E-state index contributed by atoms with van der Waals surface area (Å²) in [6, 6.07) is 12.3. The van der Waals surface area contributed by atoms with E-state index in [9.17, 15) is 18.0 Å². The van der Waals surface area contributed by atoms with Crippen molar-refractivity contribution in [2.75, 3.05) is 12.9 Å². The third-order valence-corrected chi connectivity index (χ3v) is 5.35. The number of hydrogen-bond acceptors (Lipinski definition) is 6. The molecule has 0 aliphatic rings. The molecule has 25 heavy (non-hydrogen) atoms. The molecule has 0 bridgehead atoms. The summed E-state index contributed by atoms with van der Waals surface area (Å²) >= 11 is 0. The third kappa shape index (κ3) is 4.45. The highest BCUT2D eigenvalue weighted by Gasteiger charge is 2.21. The summed E-state index contributed by atoms with van der Waals surface area (Å²) in [6.07, 6.45) is 0. The van der Waals surface area contributed by atoms with Gasteiger partial charge in [-0.2, -0.15) is 0 Å². The SMILES string of the molecule is CCS(=O)(=O)c1ccccc1C(=O)OCc1ccc(C(=O)OC)cc1. The van der Waals surface area contributed by atoms with E-state index < -0.39 is 21.8 Å². The average Bonchev–Trinajstić information content (AvgIpc) is 2.65. The summed E-state index contributed by atoms with van der Waals surface area (Å²) in [4.78, 5) is 23.6. The largest absolute Gasteiger partial charge is 0.465 e. The fraction of sp³-hybridized carbons (Fsp3) is 0.222. The minimum Gasteiger partial charge on any atom is -0.465 e. The van der Waals surface area contributed by atoms with Gasteiger partial charge in [0.15, 0.2) is 9.84 Å². The van der Waals surface area contributed by atoms with Gasteiger partial charge in [-0.1, -0.05) is 31.2 Å². The zero-order valence-electron chi connectivity index (χ0n) is 13.9. The Morgan fingerprint density at radius 2 is 1.60 bits per heavy atom. The van der Waals surface area contributed by atoms with Crippen molar-refractivity contribution in [3.8, 4) is 0 Å². The minimum atomic E-state index is -3.53. The Balaban J connectivity index is 2.12. The molecule has 0 spiro atoms. The monoisotopic (exact) mass is 362 g/mol. The lowest BCUT2D eigenvalue weighted by atomic mass is 10.1. The van der Waals surface area contributed by atoms with Gasteiger partial charge < -0.3 is 9.47 Å². The maximum Gasteiger partial charge on any atom is 0.339 e. The van der Waals surface area contributed by atoms with Crippen LogP contribution in [0.5, 0.6) is 0 Å². The molecule has 0 atom stereocenters. The van der Waals surface area contributed by atoms with E-state index in [1.54, 1.807) is 36.4 Å². The molecule has 0 amide bonds. The van der Waals surface area contributed by atoms with Crippen LogP contribution in [0.2, 0.25) is 0 Å². The van der Waals surface area contributed by atoms with Crippen molar-refractivity contribution in [1.29, 1.82) is 0 Å². The summed E-state index contributed by atoms with van der Waals surface area (Å²) in [6.45, 7) is 1.47. The molecule has 2 aromatic rings. The lowest BCUT2D eigenvalue weighted by molar-refractivity contribution is 0.0467. The van der Waals surface area contributed by atoms with Gasteiger partial charge in [0.05, 0.1) is 28.9 Å². The first-order chi connectivity index (χ1) is 11.9. The first-order valence-corrected chi connectivity index (χ1v) is 9.20. The number of benzene rings is 2. The van der Waals surface area contributed by atoms with E-state index in [0.29, 0.717) is 11.1 Å². The summed E-state index contributed by atoms with van der Waals surface area (Å²) in [5.41, 5.74) is 1.06. The van der Waals surface area contributed by atoms with Gasteiger partial charge in [-0.15, -0.1) is 0 Å². The van der Waals surface area contributed by atoms with E-state index in [4.69, 9.17) is 4.74 Å². The molecule has 0 heterocycles. The molecule has 0 aromatic heterocycles. The predicted molar refractivity (Wildman–Crippen MR) is 91.1 cm³/mol. The van der Waals surface area contributed by atoms with Crippen molar-refractivity contribution in [1.82, 2.24) is 0 Å². The number of ether oxygens (including phenoxy) is 2. The predicted octanol–water partition coefficient (Wildman–Crippen LogP) is 2.62. The summed E-state index contributed by atoms with van der Waals surface area (Å²) < 4.78 is 34.0. The third-order valence-electron chi connectivity index (χ3n) is 3.57. The van der Waals surface area contributed by atoms with Gasteiger partial charge in [0.1, 0.15) is 6.61 Å². The molecule has 132 valence electrons. The first kappa shape index (κ1) is 18.7. The number of rotatable bonds is 6. The number of carbonyl (C=O) groups excluding carboxylic acids is 2. The lowest BCUT2D eigenvalue weighted by Gasteiger charge is -2.09. The van der Waals surface area contributed by atoms with Crippen molar-refractivity contribution in [2.24, 2.45) is 0 Å². The number of esters is 2. The van der Waals surface area contributed by atoms with Crippen LogP contribution in [0.1, 0.15) is 33.2 Å². The van der Waals surface area contributed by atoms with Crippen LogP contribution in [0.4, 0.5) is 0 Å². The zero-order chi connectivity index (χ0) is 18.4. The van der Waals surface area contributed by atoms with Crippen LogP contribution in [-0.2, 0) is 25.9 Å². The minimum absolute atomic E-state index is 0.00975. The molecule has 0 N–H and O–H groups in total. The van der Waals surface area contributed by atoms with Crippen molar-refractivity contribution in [2.45, 2.75) is 18.4 Å². The van der Waals surface area contributed by atoms with E-state index in [1.807, 2.05) is 0 Å². The summed E-state index contributed by atoms with van der Waals surface area (Å²) in [5, 5.41) is 0. The maximum absolute atomic E-state index is 12.3. The van der Waals surface area contributed by atoms with Gasteiger partial charge in [0.25, 0.3) is 0 Å². The second kappa shape index (κ2) is 7.94. The smallest absolute Gasteiger partial charge is 0.339 e. The van der Waals surface area contributed by atoms with E-state index in [2.05, 4.69) is 4.74 Å². The number of carbonyl (C=O) groups is 2. The van der Waals surface area contributed by atoms with Crippen LogP contribution in [-0.4, -0.2) is 33.2 Å². The molecular formula is C18H18O6S. The topological polar surface area (TPSA) is 86.7 Å². The normalized spacial score (nSPS) is 11.0. The van der Waals surface area contributed by atoms with E-state index in [1.165, 1.54) is 26.2 Å². The van der Waals surface area contributed by atoms with Crippen LogP contribution in [0, 0.1) is 0 Å². The molecule has 2 aromatic carbocycles. The molecule has 0 aliphatic heterocycles. The van der Waals surface area contributed by atoms with Crippen molar-refractivity contribution in [3.05, 3.63) is 65.2 Å². The quantitative estimate of drug-likeness (QED) is 0.734. The Bertz CT molecular complexity index is 869. The number of hydrogen-bond donors (Lipinski definition) is 0. The molecule has 7 heteroatoms. The molecule has 0 saturated heterocycles. The van der Waals surface area contributed by atoms with Gasteiger partial charge in [0, 0.05) is 0 Å². The first-order valence-electron chi connectivity index (χ1n) is 7.55. The molecule has 0 radical (unpaired) electrons. The van der Waals surface area contributed by atoms with Crippen LogP contribution < -0.4 is 0 Å². The molecule has 6 nitrogen and oxygen atoms in total. The summed E-state index contributed by atoms with van der Waals surface area (Å²) in [5.74, 6) is -1.28. The van der Waals surface area contributed by atoms with Crippen LogP contribution in [0.25, 0.3) is 0 Å². The maximum atomic E-state index is 12.3. The zero-order valence-corrected chi connectivity index (χ0v) is 14.7. The molecule has 0 unspecified atom stereocenters. The van der Waals surface area contributed by atoms with Gasteiger partial charge in [0.2, 0.25) is 0 Å². The van der Waals surface area contributed by atoms with Gasteiger partial charge >= 0.3 is 11.9 Å². The lowest BCUT2D eigenvalue weighted by Crippen LogP contribution is -2.13. The molecular weight excluding hydrogens is 344 g/mol. The summed E-state index contributed by atoms with van der Waals surface area (Å²) in [7, 11) is -2.24. The Kier molecular flexibility index (Phi) is 5.93. The Labute approximate surface area is 146 Å². The van der Waals surface area contributed by atoms with Crippen LogP contribution in [0.3, 0.4) is 0 Å². The van der Waals surface area contributed by atoms with Gasteiger partial charge in [-0.05, 0) is 29.8 Å². The number of methoxy groups -OCH3 is 1. The van der Waals surface area contributed by atoms with Crippen molar-refractivity contribution >= 4 is 21.8 Å². The molecule has 0 fully saturated rings. The highest BCUT2D eigenvalue weighted by molar-refractivity contribution is 7.91. The number of sulfone groups is 1. The van der Waals surface area contributed by atoms with E-state index in [-0.39, 0.29) is 22.8 Å². The van der Waals surface area contributed by atoms with Gasteiger partial charge in [-0.3, -0.25) is 0 Å². The second-order valence-corrected chi connectivity index (χ2v) is 7.41. The van der Waals surface area contributed by atoms with Crippen molar-refractivity contribution < 1.29 is 27.5 Å². The highest BCUT2D eigenvalue weighted by Crippen LogP contribution is 2.18. The molecule has 0 aliphatic carbocycles. The Hall–Kier alpha value is -2.67. The van der Waals surface area contributed by atoms with Gasteiger partial charge in [-0.25, -0.2) is 18.0 Å². The molecule has 2 rings (SSSR count). The molecule has 0 saturated carbocycles. The average molecular weight is 362 g/mol.